The van der Waals surface area contributed by atoms with Crippen molar-refractivity contribution in [2.45, 2.75) is 32.7 Å². The zero-order valence-electron chi connectivity index (χ0n) is 8.68. The maximum Gasteiger partial charge on any atom is 0.0489 e. The van der Waals surface area contributed by atoms with E-state index in [1.807, 2.05) is 0 Å². The van der Waals surface area contributed by atoms with Crippen molar-refractivity contribution in [2.24, 2.45) is 5.92 Å². The lowest BCUT2D eigenvalue weighted by atomic mass is 10.1. The second kappa shape index (κ2) is 3.93. The van der Waals surface area contributed by atoms with E-state index in [1.165, 1.54) is 28.6 Å². The number of hydrogen-bond donors (Lipinski definition) is 1. The van der Waals surface area contributed by atoms with Gasteiger partial charge in [-0.2, -0.15) is 0 Å². The van der Waals surface area contributed by atoms with Gasteiger partial charge in [0.1, 0.15) is 0 Å². The zero-order valence-corrected chi connectivity index (χ0v) is 10.3. The molecule has 0 spiro atoms. The smallest absolute Gasteiger partial charge is 0.0489 e. The number of anilines is 1. The SMILES string of the molecule is Cc1cccc(NC(C)C2CC2)c1Br. The lowest BCUT2D eigenvalue weighted by Gasteiger charge is -2.16. The van der Waals surface area contributed by atoms with Crippen molar-refractivity contribution in [1.29, 1.82) is 0 Å². The molecule has 1 aliphatic rings. The van der Waals surface area contributed by atoms with E-state index in [9.17, 15) is 0 Å². The Balaban J connectivity index is 2.11. The first-order chi connectivity index (χ1) is 6.68. The Kier molecular flexibility index (Phi) is 2.82. The van der Waals surface area contributed by atoms with Crippen molar-refractivity contribution in [3.05, 3.63) is 28.2 Å². The minimum absolute atomic E-state index is 0.605. The number of hydrogen-bond acceptors (Lipinski definition) is 1. The summed E-state index contributed by atoms with van der Waals surface area (Å²) in [5.74, 6) is 0.891. The molecule has 0 aromatic heterocycles. The second-order valence-electron chi connectivity index (χ2n) is 4.21. The number of halogens is 1. The molecule has 0 radical (unpaired) electrons. The van der Waals surface area contributed by atoms with Crippen molar-refractivity contribution >= 4 is 21.6 Å². The highest BCUT2D eigenvalue weighted by molar-refractivity contribution is 9.10. The van der Waals surface area contributed by atoms with Crippen LogP contribution in [0.15, 0.2) is 22.7 Å². The predicted octanol–water partition coefficient (Wildman–Crippen LogP) is 3.97. The van der Waals surface area contributed by atoms with Gasteiger partial charge in [0.25, 0.3) is 0 Å². The summed E-state index contributed by atoms with van der Waals surface area (Å²) in [5.41, 5.74) is 2.52. The monoisotopic (exact) mass is 253 g/mol. The molecule has 1 aromatic carbocycles. The molecule has 14 heavy (non-hydrogen) atoms. The Morgan fingerprint density at radius 2 is 2.14 bits per heavy atom. The van der Waals surface area contributed by atoms with Gasteiger partial charge in [0.05, 0.1) is 0 Å². The van der Waals surface area contributed by atoms with Gasteiger partial charge in [-0.15, -0.1) is 0 Å². The normalized spacial score (nSPS) is 17.9. The quantitative estimate of drug-likeness (QED) is 0.860. The minimum atomic E-state index is 0.605. The van der Waals surface area contributed by atoms with Crippen LogP contribution in [0.5, 0.6) is 0 Å². The van der Waals surface area contributed by atoms with Crippen LogP contribution in [-0.2, 0) is 0 Å². The van der Waals surface area contributed by atoms with Crippen molar-refractivity contribution in [2.75, 3.05) is 5.32 Å². The molecule has 0 bridgehead atoms. The van der Waals surface area contributed by atoms with Gasteiger partial charge < -0.3 is 5.32 Å². The summed E-state index contributed by atoms with van der Waals surface area (Å²) in [7, 11) is 0. The highest BCUT2D eigenvalue weighted by Gasteiger charge is 2.27. The molecule has 0 heterocycles. The molecule has 1 aliphatic carbocycles. The van der Waals surface area contributed by atoms with Crippen molar-refractivity contribution in [1.82, 2.24) is 0 Å². The molecule has 76 valence electrons. The maximum absolute atomic E-state index is 3.62. The zero-order chi connectivity index (χ0) is 10.1. The van der Waals surface area contributed by atoms with Gasteiger partial charge in [-0.1, -0.05) is 12.1 Å². The van der Waals surface area contributed by atoms with Crippen LogP contribution in [0.1, 0.15) is 25.3 Å². The summed E-state index contributed by atoms with van der Waals surface area (Å²) < 4.78 is 1.20. The van der Waals surface area contributed by atoms with Crippen LogP contribution in [0, 0.1) is 12.8 Å². The first-order valence-corrected chi connectivity index (χ1v) is 5.99. The van der Waals surface area contributed by atoms with Crippen LogP contribution >= 0.6 is 15.9 Å². The molecular formula is C12H16BrN. The van der Waals surface area contributed by atoms with E-state index >= 15 is 0 Å². The van der Waals surface area contributed by atoms with Crippen LogP contribution in [0.3, 0.4) is 0 Å². The van der Waals surface area contributed by atoms with E-state index in [0.29, 0.717) is 6.04 Å². The third-order valence-electron chi connectivity index (χ3n) is 2.90. The summed E-state index contributed by atoms with van der Waals surface area (Å²) in [6.07, 6.45) is 2.77. The third kappa shape index (κ3) is 2.11. The van der Waals surface area contributed by atoms with E-state index in [1.54, 1.807) is 0 Å². The number of nitrogens with one attached hydrogen (secondary N) is 1. The molecule has 1 unspecified atom stereocenters. The van der Waals surface area contributed by atoms with Crippen molar-refractivity contribution in [3.63, 3.8) is 0 Å². The van der Waals surface area contributed by atoms with Crippen LogP contribution < -0.4 is 5.32 Å². The van der Waals surface area contributed by atoms with Gasteiger partial charge in [0, 0.05) is 16.2 Å². The summed E-state index contributed by atoms with van der Waals surface area (Å²) in [5, 5.41) is 3.57. The Labute approximate surface area is 94.0 Å². The second-order valence-corrected chi connectivity index (χ2v) is 5.00. The largest absolute Gasteiger partial charge is 0.381 e. The lowest BCUT2D eigenvalue weighted by molar-refractivity contribution is 0.693. The van der Waals surface area contributed by atoms with E-state index < -0.39 is 0 Å². The molecule has 0 amide bonds. The molecule has 0 aliphatic heterocycles. The summed E-state index contributed by atoms with van der Waals surface area (Å²) in [4.78, 5) is 0. The van der Waals surface area contributed by atoms with Gasteiger partial charge in [-0.25, -0.2) is 0 Å². The minimum Gasteiger partial charge on any atom is -0.381 e. The topological polar surface area (TPSA) is 12.0 Å². The molecule has 1 aromatic rings. The summed E-state index contributed by atoms with van der Waals surface area (Å²) >= 11 is 3.62. The average molecular weight is 254 g/mol. The fraction of sp³-hybridized carbons (Fsp3) is 0.500. The van der Waals surface area contributed by atoms with Gasteiger partial charge >= 0.3 is 0 Å². The Morgan fingerprint density at radius 1 is 1.43 bits per heavy atom. The fourth-order valence-electron chi connectivity index (χ4n) is 1.72. The van der Waals surface area contributed by atoms with E-state index in [0.717, 1.165) is 5.92 Å². The number of benzene rings is 1. The highest BCUT2D eigenvalue weighted by atomic mass is 79.9. The Bertz CT molecular complexity index is 331. The van der Waals surface area contributed by atoms with E-state index in [-0.39, 0.29) is 0 Å². The van der Waals surface area contributed by atoms with Crippen LogP contribution in [0.2, 0.25) is 0 Å². The van der Waals surface area contributed by atoms with Crippen molar-refractivity contribution in [3.8, 4) is 0 Å². The molecule has 1 fully saturated rings. The van der Waals surface area contributed by atoms with Crippen molar-refractivity contribution < 1.29 is 0 Å². The lowest BCUT2D eigenvalue weighted by Crippen LogP contribution is -2.17. The number of rotatable bonds is 3. The third-order valence-corrected chi connectivity index (χ3v) is 3.96. The van der Waals surface area contributed by atoms with Crippen LogP contribution in [0.25, 0.3) is 0 Å². The summed E-state index contributed by atoms with van der Waals surface area (Å²) in [6.45, 7) is 4.39. The molecule has 1 N–H and O–H groups in total. The average Bonchev–Trinajstić information content (AvgIpc) is 2.95. The Morgan fingerprint density at radius 3 is 2.79 bits per heavy atom. The first-order valence-electron chi connectivity index (χ1n) is 5.20. The fourth-order valence-corrected chi connectivity index (χ4v) is 2.10. The Hall–Kier alpha value is -0.500. The van der Waals surface area contributed by atoms with E-state index in [2.05, 4.69) is 53.3 Å². The number of aryl methyl sites for hydroxylation is 1. The van der Waals surface area contributed by atoms with Gasteiger partial charge in [-0.05, 0) is 60.2 Å². The predicted molar refractivity (Wildman–Crippen MR) is 64.7 cm³/mol. The standard InChI is InChI=1S/C12H16BrN/c1-8-4-3-5-11(12(8)13)14-9(2)10-6-7-10/h3-5,9-10,14H,6-7H2,1-2H3. The van der Waals surface area contributed by atoms with Gasteiger partial charge in [0.15, 0.2) is 0 Å². The molecule has 2 rings (SSSR count). The van der Waals surface area contributed by atoms with E-state index in [4.69, 9.17) is 0 Å². The molecule has 1 nitrogen and oxygen atoms in total. The molecular weight excluding hydrogens is 238 g/mol. The van der Waals surface area contributed by atoms with Gasteiger partial charge in [-0.3, -0.25) is 0 Å². The van der Waals surface area contributed by atoms with Crippen LogP contribution in [-0.4, -0.2) is 6.04 Å². The molecule has 0 saturated heterocycles. The van der Waals surface area contributed by atoms with Gasteiger partial charge in [0.2, 0.25) is 0 Å². The van der Waals surface area contributed by atoms with Crippen LogP contribution in [0.4, 0.5) is 5.69 Å². The highest BCUT2D eigenvalue weighted by Crippen LogP contribution is 2.35. The molecule has 1 atom stereocenters. The maximum atomic E-state index is 3.62. The first kappa shape index (κ1) is 10.0. The molecule has 1 saturated carbocycles. The summed E-state index contributed by atoms with van der Waals surface area (Å²) in [6, 6.07) is 6.96. The molecule has 2 heteroatoms.